The lowest BCUT2D eigenvalue weighted by Gasteiger charge is -2.34. The van der Waals surface area contributed by atoms with Crippen LogP contribution in [0.2, 0.25) is 32.2 Å². The highest BCUT2D eigenvalue weighted by molar-refractivity contribution is 8.01. The Hall–Kier alpha value is -10.4. The molecule has 3 aromatic heterocycles. The minimum Gasteiger partial charge on any atom is -0.481 e. The summed E-state index contributed by atoms with van der Waals surface area (Å²) >= 11 is 2.15. The zero-order valence-electron chi connectivity index (χ0n) is 64.7. The molecule has 3 aromatic carbocycles. The number of sulfonamides is 1. The molecule has 622 valence electrons. The SMILES string of the molecule is CCN(CC)c1ccc2c(c1)OC1=CC(N(CC)CC)C=CC1=C2c1ccc(S(=O)(=O)NCc2cnc(SC[Si](C)(C)O[Si](C)(C)CCCN3C(=O)CC(SC[C@H](NC(=O)[C@H](CN)NC(=O)[C@H](CC(=O)O)NC(=O)CC[C@H](NC(=O)c4ccc(NCc5cnc6nc(N)[nH]c(=O)c6n5)cc4)C(=O)O)C(=O)O)C3=O)nc2)cc1S(=O)(=O)O. The predicted octanol–water partition coefficient (Wildman–Crippen LogP) is 3.57. The molecule has 43 heteroatoms. The number of benzene rings is 3. The van der Waals surface area contributed by atoms with Gasteiger partial charge in [-0.05, 0) is 127 Å². The number of nitrogens with one attached hydrogen (secondary N) is 7. The quantitative estimate of drug-likeness (QED) is 0.00856. The number of fused-ring (bicyclic) bond motifs is 3. The molecule has 0 spiro atoms. The first-order valence-electron chi connectivity index (χ1n) is 36.9. The summed E-state index contributed by atoms with van der Waals surface area (Å²) < 4.78 is 81.3. The van der Waals surface area contributed by atoms with Crippen LogP contribution in [-0.2, 0) is 75.7 Å². The topological polar surface area (TPSA) is 553 Å². The van der Waals surface area contributed by atoms with Crippen molar-refractivity contribution in [2.24, 2.45) is 5.73 Å². The molecular weight excluding hydrogens is 1620 g/mol. The van der Waals surface area contributed by atoms with Crippen LogP contribution in [0.5, 0.6) is 5.75 Å². The van der Waals surface area contributed by atoms with Crippen molar-refractivity contribution in [3.05, 3.63) is 147 Å². The first-order valence-corrected chi connectivity index (χ1v) is 48.1. The summed E-state index contributed by atoms with van der Waals surface area (Å²) in [6.45, 7) is 18.4. The number of nitrogens with two attached hydrogens (primary N) is 2. The number of carbonyl (C=O) groups excluding carboxylic acids is 6. The molecule has 15 N–H and O–H groups in total. The fraction of sp³-hybridized carbons (Fsp3) is 0.411. The minimum atomic E-state index is -5.05. The maximum atomic E-state index is 14.0. The summed E-state index contributed by atoms with van der Waals surface area (Å²) in [7, 11) is -14.4. The number of hydrogen-bond acceptors (Lipinski definition) is 28. The Balaban J connectivity index is 0.706. The molecule has 0 bridgehead atoms. The molecule has 2 aliphatic heterocycles. The van der Waals surface area contributed by atoms with Crippen LogP contribution in [-0.4, -0.2) is 232 Å². The van der Waals surface area contributed by atoms with Crippen molar-refractivity contribution < 1.29 is 88.7 Å². The van der Waals surface area contributed by atoms with Gasteiger partial charge in [-0.2, -0.15) is 13.4 Å². The van der Waals surface area contributed by atoms with Gasteiger partial charge in [0.05, 0.1) is 41.0 Å². The number of ether oxygens (including phenoxy) is 1. The number of likely N-dealkylation sites (N-methyl/N-ethyl adjacent to an activating group) is 1. The number of rotatable bonds is 42. The van der Waals surface area contributed by atoms with Crippen LogP contribution in [0.4, 0.5) is 17.3 Å². The summed E-state index contributed by atoms with van der Waals surface area (Å²) in [6, 6.07) is 8.48. The molecule has 2 unspecified atom stereocenters. The number of thioether (sulfide) groups is 2. The Morgan fingerprint density at radius 1 is 0.784 bits per heavy atom. The molecular formula is C73H93N17O20S4Si2. The molecule has 3 aliphatic rings. The number of H-pyrrole nitrogens is 1. The van der Waals surface area contributed by atoms with Crippen LogP contribution in [0.3, 0.4) is 0 Å². The molecule has 9 rings (SSSR count). The standard InChI is InChI=1S/C73H93N17O20S4Si2/c1-9-88(10-2)45-18-21-48-55(28-45)109-56-29-46(89(11-3)12-4)19-22-49(56)62(48)50-23-20-47(30-58(50)114(106,107)108)113(104,105)80-36-41-34-78-73(79-35-41)112-40-116(7,8)110-115(5,6)27-13-26-90-60(92)32-57(69(90)99)111-39-54(71(102)103)85-67(97)53(33-74)84-66(96)52(31-61(93)94)82-59(91)25-24-51(70(100)101)83-65(95)42-14-16-43(17-15-42)76-37-44-38-77-64-63(81-44)68(98)87-72(75)86-64/h14-23,28-30,34-35,38,45,51-54,57,76,80H,9-13,24-27,31-33,36-37,39-40,74H2,1-8H3,(H,82,91)(H,83,95)(H,84,96)(H,85,97)(H,93,94)(H,100,101)(H,102,103)(H,106,107,108)(H3,75,77,86,87,98)/t45?,51-,52-,53-,54-,57?/m0/s1. The van der Waals surface area contributed by atoms with Gasteiger partial charge in [-0.25, -0.2) is 42.7 Å². The number of anilines is 3. The number of carboxylic acid groups (broad SMARTS) is 3. The van der Waals surface area contributed by atoms with E-state index in [0.29, 0.717) is 68.2 Å². The molecule has 1 fully saturated rings. The Labute approximate surface area is 678 Å². The van der Waals surface area contributed by atoms with Crippen LogP contribution < -0.4 is 58.0 Å². The summed E-state index contributed by atoms with van der Waals surface area (Å²) in [5.41, 5.74) is 14.6. The van der Waals surface area contributed by atoms with Crippen molar-refractivity contribution in [1.29, 1.82) is 0 Å². The van der Waals surface area contributed by atoms with Crippen LogP contribution in [0.25, 0.3) is 16.7 Å². The highest BCUT2D eigenvalue weighted by atomic mass is 32.2. The molecule has 116 heavy (non-hydrogen) atoms. The van der Waals surface area contributed by atoms with E-state index >= 15 is 0 Å². The molecule has 5 heterocycles. The number of nitrogen functional groups attached to an aromatic ring is 1. The van der Waals surface area contributed by atoms with Crippen molar-refractivity contribution in [2.75, 3.05) is 66.3 Å². The third kappa shape index (κ3) is 23.5. The molecule has 6 aromatic rings. The lowest BCUT2D eigenvalue weighted by Crippen LogP contribution is -2.58. The van der Waals surface area contributed by atoms with Crippen molar-refractivity contribution in [1.82, 2.24) is 65.7 Å². The number of carbonyl (C=O) groups is 9. The monoisotopic (exact) mass is 1710 g/mol. The number of imide groups is 1. The summed E-state index contributed by atoms with van der Waals surface area (Å²) in [6.07, 6.45) is 8.01. The average Bonchev–Trinajstić information content (AvgIpc) is 0.818. The van der Waals surface area contributed by atoms with Gasteiger partial charge in [0.25, 0.3) is 21.6 Å². The number of allylic oxidation sites excluding steroid dienone is 1. The molecule has 1 saturated heterocycles. The number of aromatic amines is 1. The van der Waals surface area contributed by atoms with Crippen LogP contribution in [0.1, 0.15) is 92.5 Å². The maximum absolute atomic E-state index is 14.0. The van der Waals surface area contributed by atoms with E-state index in [1.165, 1.54) is 66.8 Å². The number of aromatic nitrogens is 6. The fourth-order valence-corrected chi connectivity index (χ4v) is 26.4. The van der Waals surface area contributed by atoms with E-state index in [2.05, 4.69) is 71.0 Å². The predicted molar refractivity (Wildman–Crippen MR) is 436 cm³/mol. The summed E-state index contributed by atoms with van der Waals surface area (Å²) in [5, 5.41) is 41.5. The van der Waals surface area contributed by atoms with E-state index in [9.17, 15) is 84.7 Å². The van der Waals surface area contributed by atoms with Gasteiger partial charge in [0, 0.05) is 120 Å². The average molecular weight is 1710 g/mol. The third-order valence-electron chi connectivity index (χ3n) is 18.9. The molecule has 0 radical (unpaired) electrons. The summed E-state index contributed by atoms with van der Waals surface area (Å²) in [5.74, 6) is -9.57. The van der Waals surface area contributed by atoms with Gasteiger partial charge in [-0.1, -0.05) is 43.8 Å². The fourth-order valence-electron chi connectivity index (χ4n) is 13.1. The number of aliphatic carboxylic acids is 3. The second-order valence-corrected chi connectivity index (χ2v) is 42.9. The molecule has 37 nitrogen and oxygen atoms in total. The second-order valence-electron chi connectivity index (χ2n) is 28.3. The van der Waals surface area contributed by atoms with Crippen molar-refractivity contribution in [3.63, 3.8) is 0 Å². The zero-order chi connectivity index (χ0) is 84.7. The van der Waals surface area contributed by atoms with Gasteiger partial charge in [0.2, 0.25) is 45.5 Å². The van der Waals surface area contributed by atoms with Crippen LogP contribution in [0, 0.1) is 0 Å². The first-order chi connectivity index (χ1) is 54.8. The third-order valence-corrected chi connectivity index (χ3v) is 32.3. The van der Waals surface area contributed by atoms with Crippen molar-refractivity contribution in [2.45, 2.75) is 156 Å². The molecule has 0 saturated carbocycles. The normalized spacial score (nSPS) is 16.0. The van der Waals surface area contributed by atoms with E-state index < -0.39 is 166 Å². The van der Waals surface area contributed by atoms with Gasteiger partial charge in [-0.15, -0.1) is 11.8 Å². The summed E-state index contributed by atoms with van der Waals surface area (Å²) in [4.78, 5) is 157. The number of likely N-dealkylation sites (tertiary alicyclic amines) is 1. The van der Waals surface area contributed by atoms with E-state index in [-0.39, 0.29) is 60.3 Å². The Morgan fingerprint density at radius 3 is 2.10 bits per heavy atom. The van der Waals surface area contributed by atoms with Crippen molar-refractivity contribution >= 4 is 148 Å². The van der Waals surface area contributed by atoms with Gasteiger partial charge < -0.3 is 67.1 Å². The van der Waals surface area contributed by atoms with Gasteiger partial charge in [0.1, 0.15) is 40.6 Å². The van der Waals surface area contributed by atoms with Gasteiger partial charge in [0.15, 0.2) is 33.0 Å². The minimum absolute atomic E-state index is 0.0272. The Kier molecular flexibility index (Phi) is 30.2. The van der Waals surface area contributed by atoms with Gasteiger partial charge >= 0.3 is 17.9 Å². The number of carboxylic acids is 3. The Morgan fingerprint density at radius 2 is 1.46 bits per heavy atom. The second kappa shape index (κ2) is 39.1. The maximum Gasteiger partial charge on any atom is 0.327 e. The lowest BCUT2D eigenvalue weighted by atomic mass is 9.86. The van der Waals surface area contributed by atoms with E-state index in [1.54, 1.807) is 0 Å². The Bertz CT molecular complexity index is 5130. The number of nitrogens with zero attached hydrogens (tertiary/aromatic N) is 8. The molecule has 1 aliphatic carbocycles. The van der Waals surface area contributed by atoms with E-state index in [1.807, 2.05) is 90.3 Å². The first kappa shape index (κ1) is 89.6. The highest BCUT2D eigenvalue weighted by Gasteiger charge is 2.42. The molecule has 6 atom stereocenters. The number of hydrogen-bond donors (Lipinski definition) is 13. The molecule has 6 amide bonds. The lowest BCUT2D eigenvalue weighted by molar-refractivity contribution is -0.142. The smallest absolute Gasteiger partial charge is 0.327 e. The number of amides is 6. The van der Waals surface area contributed by atoms with E-state index in [0.717, 1.165) is 54.6 Å². The highest BCUT2D eigenvalue weighted by Crippen LogP contribution is 2.47. The van der Waals surface area contributed by atoms with Crippen molar-refractivity contribution in [3.8, 4) is 5.75 Å². The van der Waals surface area contributed by atoms with Crippen LogP contribution in [0.15, 0.2) is 129 Å². The zero-order valence-corrected chi connectivity index (χ0v) is 70.0. The van der Waals surface area contributed by atoms with Crippen LogP contribution >= 0.6 is 23.5 Å². The largest absolute Gasteiger partial charge is 0.481 e. The van der Waals surface area contributed by atoms with E-state index in [4.69, 9.17) is 20.3 Å². The van der Waals surface area contributed by atoms with Gasteiger partial charge in [-0.3, -0.25) is 57.7 Å².